The number of hydrogen-bond acceptors (Lipinski definition) is 5. The van der Waals surface area contributed by atoms with Gasteiger partial charge in [-0.25, -0.2) is 18.4 Å². The molecule has 0 bridgehead atoms. The summed E-state index contributed by atoms with van der Waals surface area (Å²) < 4.78 is 23.1. The molecule has 84 valence electrons. The first-order valence-corrected chi connectivity index (χ1v) is 6.50. The summed E-state index contributed by atoms with van der Waals surface area (Å²) in [6, 6.07) is 0. The fraction of sp³-hybridized carbons (Fsp3) is 0.556. The fourth-order valence-electron chi connectivity index (χ4n) is 1.16. The molecule has 0 saturated heterocycles. The van der Waals surface area contributed by atoms with Crippen molar-refractivity contribution >= 4 is 15.7 Å². The maximum absolute atomic E-state index is 11.5. The fourth-order valence-corrected chi connectivity index (χ4v) is 2.05. The summed E-state index contributed by atoms with van der Waals surface area (Å²) in [6.07, 6.45) is 2.90. The van der Waals surface area contributed by atoms with Crippen LogP contribution in [0.4, 0.5) is 5.82 Å². The number of nitrogens with two attached hydrogens (primary N) is 1. The highest BCUT2D eigenvalue weighted by Gasteiger charge is 2.17. The van der Waals surface area contributed by atoms with Crippen molar-refractivity contribution in [2.24, 2.45) is 0 Å². The molecule has 15 heavy (non-hydrogen) atoms. The van der Waals surface area contributed by atoms with Crippen molar-refractivity contribution in [3.63, 3.8) is 0 Å². The monoisotopic (exact) mass is 229 g/mol. The number of aryl methyl sites for hydroxylation is 1. The third kappa shape index (κ3) is 2.65. The summed E-state index contributed by atoms with van der Waals surface area (Å²) in [4.78, 5) is 7.97. The summed E-state index contributed by atoms with van der Waals surface area (Å²) in [7, 11) is -3.31. The van der Waals surface area contributed by atoms with Crippen LogP contribution in [0.2, 0.25) is 0 Å². The minimum Gasteiger partial charge on any atom is -0.383 e. The summed E-state index contributed by atoms with van der Waals surface area (Å²) >= 11 is 0. The average molecular weight is 229 g/mol. The third-order valence-corrected chi connectivity index (χ3v) is 3.77. The van der Waals surface area contributed by atoms with Gasteiger partial charge in [-0.2, -0.15) is 0 Å². The summed E-state index contributed by atoms with van der Waals surface area (Å²) in [5.41, 5.74) is 5.58. The van der Waals surface area contributed by atoms with Gasteiger partial charge in [0.25, 0.3) is 0 Å². The molecule has 0 atom stereocenters. The van der Waals surface area contributed by atoms with Gasteiger partial charge in [0.05, 0.1) is 11.9 Å². The van der Waals surface area contributed by atoms with Crippen LogP contribution in [0.15, 0.2) is 11.1 Å². The van der Waals surface area contributed by atoms with Crippen molar-refractivity contribution in [3.8, 4) is 0 Å². The molecule has 2 N–H and O–H groups in total. The number of anilines is 1. The van der Waals surface area contributed by atoms with Crippen molar-refractivity contribution in [2.45, 2.75) is 31.6 Å². The van der Waals surface area contributed by atoms with Crippen molar-refractivity contribution in [3.05, 3.63) is 12.0 Å². The van der Waals surface area contributed by atoms with Crippen molar-refractivity contribution in [1.82, 2.24) is 9.97 Å². The van der Waals surface area contributed by atoms with Crippen LogP contribution in [0.3, 0.4) is 0 Å². The second-order valence-electron chi connectivity index (χ2n) is 3.19. The molecule has 1 heterocycles. The van der Waals surface area contributed by atoms with Gasteiger partial charge >= 0.3 is 0 Å². The first-order chi connectivity index (χ1) is 7.01. The van der Waals surface area contributed by atoms with Crippen molar-refractivity contribution in [1.29, 1.82) is 0 Å². The van der Waals surface area contributed by atoms with E-state index >= 15 is 0 Å². The second-order valence-corrected chi connectivity index (χ2v) is 5.44. The predicted octanol–water partition coefficient (Wildman–Crippen LogP) is 0.805. The van der Waals surface area contributed by atoms with E-state index in [1.54, 1.807) is 6.92 Å². The Morgan fingerprint density at radius 1 is 1.40 bits per heavy atom. The van der Waals surface area contributed by atoms with Crippen LogP contribution in [0.5, 0.6) is 0 Å². The molecule has 5 nitrogen and oxygen atoms in total. The van der Waals surface area contributed by atoms with Gasteiger partial charge in [-0.15, -0.1) is 0 Å². The van der Waals surface area contributed by atoms with Gasteiger partial charge in [-0.05, 0) is 6.42 Å². The number of nitrogens with zero attached hydrogens (tertiary/aromatic N) is 2. The molecule has 0 spiro atoms. The molecular weight excluding hydrogens is 214 g/mol. The summed E-state index contributed by atoms with van der Waals surface area (Å²) in [5.74, 6) is 0.647. The van der Waals surface area contributed by atoms with E-state index in [-0.39, 0.29) is 16.5 Å². The maximum atomic E-state index is 11.5. The van der Waals surface area contributed by atoms with Gasteiger partial charge in [0, 0.05) is 6.42 Å². The van der Waals surface area contributed by atoms with Crippen molar-refractivity contribution in [2.75, 3.05) is 11.5 Å². The first kappa shape index (κ1) is 11.9. The van der Waals surface area contributed by atoms with E-state index in [4.69, 9.17) is 5.73 Å². The van der Waals surface area contributed by atoms with Crippen LogP contribution in [0.25, 0.3) is 0 Å². The molecule has 0 aromatic carbocycles. The molecule has 0 aliphatic carbocycles. The lowest BCUT2D eigenvalue weighted by atomic mass is 10.3. The average Bonchev–Trinajstić information content (AvgIpc) is 2.18. The van der Waals surface area contributed by atoms with E-state index in [9.17, 15) is 8.42 Å². The molecule has 0 saturated carbocycles. The van der Waals surface area contributed by atoms with Crippen LogP contribution in [-0.2, 0) is 16.3 Å². The van der Waals surface area contributed by atoms with E-state index in [1.165, 1.54) is 6.20 Å². The van der Waals surface area contributed by atoms with Gasteiger partial charge in [0.2, 0.25) is 0 Å². The highest BCUT2D eigenvalue weighted by atomic mass is 32.2. The largest absolute Gasteiger partial charge is 0.383 e. The van der Waals surface area contributed by atoms with Gasteiger partial charge < -0.3 is 5.73 Å². The van der Waals surface area contributed by atoms with Gasteiger partial charge in [-0.3, -0.25) is 0 Å². The zero-order valence-electron chi connectivity index (χ0n) is 8.90. The number of rotatable bonds is 4. The Kier molecular flexibility index (Phi) is 3.62. The second kappa shape index (κ2) is 4.57. The van der Waals surface area contributed by atoms with Gasteiger partial charge in [0.15, 0.2) is 9.84 Å². The van der Waals surface area contributed by atoms with E-state index in [0.29, 0.717) is 12.2 Å². The minimum atomic E-state index is -3.31. The van der Waals surface area contributed by atoms with Gasteiger partial charge in [-0.1, -0.05) is 13.8 Å². The Hall–Kier alpha value is -1.17. The highest BCUT2D eigenvalue weighted by molar-refractivity contribution is 7.91. The zero-order chi connectivity index (χ0) is 11.5. The molecule has 0 radical (unpaired) electrons. The maximum Gasteiger partial charge on any atom is 0.183 e. The Morgan fingerprint density at radius 2 is 2.07 bits per heavy atom. The van der Waals surface area contributed by atoms with Crippen molar-refractivity contribution < 1.29 is 8.42 Å². The van der Waals surface area contributed by atoms with Gasteiger partial charge in [0.1, 0.15) is 16.5 Å². The SMILES string of the molecule is CCCc1ncc(S(=O)(=O)CC)c(N)n1. The number of aromatic nitrogens is 2. The normalized spacial score (nSPS) is 11.6. The van der Waals surface area contributed by atoms with Crippen LogP contribution in [0, 0.1) is 0 Å². The molecule has 1 rings (SSSR count). The number of nitrogen functional groups attached to an aromatic ring is 1. The molecule has 1 aromatic heterocycles. The molecule has 0 aliphatic heterocycles. The Labute approximate surface area is 89.7 Å². The lowest BCUT2D eigenvalue weighted by Crippen LogP contribution is -2.11. The van der Waals surface area contributed by atoms with Crippen LogP contribution in [-0.4, -0.2) is 24.1 Å². The topological polar surface area (TPSA) is 85.9 Å². The quantitative estimate of drug-likeness (QED) is 0.825. The predicted molar refractivity (Wildman–Crippen MR) is 58.2 cm³/mol. The lowest BCUT2D eigenvalue weighted by molar-refractivity contribution is 0.596. The Morgan fingerprint density at radius 3 is 2.53 bits per heavy atom. The standard InChI is InChI=1S/C9H15N3O2S/c1-3-5-8-11-6-7(9(10)12-8)15(13,14)4-2/h6H,3-5H2,1-2H3,(H2,10,11,12). The molecule has 1 aromatic rings. The minimum absolute atomic E-state index is 0.00762. The number of hydrogen-bond donors (Lipinski definition) is 1. The smallest absolute Gasteiger partial charge is 0.183 e. The van der Waals surface area contributed by atoms with E-state index in [1.807, 2.05) is 6.92 Å². The van der Waals surface area contributed by atoms with E-state index in [0.717, 1.165) is 6.42 Å². The van der Waals surface area contributed by atoms with E-state index < -0.39 is 9.84 Å². The van der Waals surface area contributed by atoms with Crippen LogP contribution in [0.1, 0.15) is 26.1 Å². The third-order valence-electron chi connectivity index (χ3n) is 2.02. The molecule has 0 unspecified atom stereocenters. The van der Waals surface area contributed by atoms with E-state index in [2.05, 4.69) is 9.97 Å². The number of sulfone groups is 1. The lowest BCUT2D eigenvalue weighted by Gasteiger charge is -2.05. The first-order valence-electron chi connectivity index (χ1n) is 4.85. The Balaban J connectivity index is 3.14. The summed E-state index contributed by atoms with van der Waals surface area (Å²) in [6.45, 7) is 3.56. The van der Waals surface area contributed by atoms with Crippen LogP contribution < -0.4 is 5.73 Å². The summed E-state index contributed by atoms with van der Waals surface area (Å²) in [5, 5.41) is 0. The molecule has 0 amide bonds. The molecule has 0 fully saturated rings. The molecular formula is C9H15N3O2S. The molecule has 6 heteroatoms. The zero-order valence-corrected chi connectivity index (χ0v) is 9.71. The Bertz CT molecular complexity index is 443. The molecule has 0 aliphatic rings. The van der Waals surface area contributed by atoms with Crippen LogP contribution >= 0.6 is 0 Å². The highest BCUT2D eigenvalue weighted by Crippen LogP contribution is 2.16.